The van der Waals surface area contributed by atoms with E-state index in [4.69, 9.17) is 11.6 Å². The van der Waals surface area contributed by atoms with Gasteiger partial charge in [-0.2, -0.15) is 0 Å². The van der Waals surface area contributed by atoms with Crippen LogP contribution in [0.4, 0.5) is 5.69 Å². The summed E-state index contributed by atoms with van der Waals surface area (Å²) in [6, 6.07) is 6.84. The zero-order valence-corrected chi connectivity index (χ0v) is 18.6. The molecule has 31 heavy (non-hydrogen) atoms. The first-order chi connectivity index (χ1) is 15.0. The fraction of sp³-hybridized carbons (Fsp3) is 0.500. The Labute approximate surface area is 188 Å². The van der Waals surface area contributed by atoms with Gasteiger partial charge < -0.3 is 20.2 Å². The molecule has 2 saturated heterocycles. The first-order valence-corrected chi connectivity index (χ1v) is 10.9. The van der Waals surface area contributed by atoms with Crippen LogP contribution in [0.15, 0.2) is 41.4 Å². The largest absolute Gasteiger partial charge is 0.396 e. The Morgan fingerprint density at radius 2 is 2.10 bits per heavy atom. The molecule has 0 bridgehead atoms. The Morgan fingerprint density at radius 3 is 2.74 bits per heavy atom. The van der Waals surface area contributed by atoms with E-state index in [1.807, 2.05) is 11.0 Å². The smallest absolute Gasteiger partial charge is 0.246 e. The zero-order valence-electron chi connectivity index (χ0n) is 17.8. The minimum atomic E-state index is -0.230. The van der Waals surface area contributed by atoms with Crippen molar-refractivity contribution in [2.45, 2.75) is 18.9 Å². The number of amidine groups is 1. The number of para-hydroxylation sites is 1. The van der Waals surface area contributed by atoms with Gasteiger partial charge in [0.2, 0.25) is 11.8 Å². The summed E-state index contributed by atoms with van der Waals surface area (Å²) >= 11 is 6.13. The minimum Gasteiger partial charge on any atom is -0.396 e. The van der Waals surface area contributed by atoms with Crippen LogP contribution >= 0.6 is 11.6 Å². The molecule has 9 heteroatoms. The van der Waals surface area contributed by atoms with Gasteiger partial charge in [0.25, 0.3) is 0 Å². The Bertz CT molecular complexity index is 840. The van der Waals surface area contributed by atoms with E-state index in [0.29, 0.717) is 36.1 Å². The number of aliphatic hydroxyl groups excluding tert-OH is 1. The second-order valence-electron chi connectivity index (χ2n) is 7.74. The second-order valence-corrected chi connectivity index (χ2v) is 8.14. The maximum absolute atomic E-state index is 12.7. The van der Waals surface area contributed by atoms with Gasteiger partial charge in [-0.05, 0) is 38.1 Å². The number of piperazine rings is 1. The van der Waals surface area contributed by atoms with E-state index in [1.165, 1.54) is 6.42 Å². The summed E-state index contributed by atoms with van der Waals surface area (Å²) in [5.74, 6) is 0.333. The highest BCUT2D eigenvalue weighted by molar-refractivity contribution is 6.33. The van der Waals surface area contributed by atoms with Crippen LogP contribution in [0.5, 0.6) is 0 Å². The highest BCUT2D eigenvalue weighted by Crippen LogP contribution is 2.21. The lowest BCUT2D eigenvalue weighted by Crippen LogP contribution is -2.59. The van der Waals surface area contributed by atoms with Crippen molar-refractivity contribution in [1.82, 2.24) is 14.7 Å². The van der Waals surface area contributed by atoms with Gasteiger partial charge in [0.1, 0.15) is 5.84 Å². The molecule has 0 aliphatic carbocycles. The number of anilines is 1. The van der Waals surface area contributed by atoms with Gasteiger partial charge in [-0.15, -0.1) is 0 Å². The van der Waals surface area contributed by atoms with Crippen LogP contribution in [-0.2, 0) is 9.59 Å². The van der Waals surface area contributed by atoms with E-state index in [1.54, 1.807) is 42.3 Å². The molecule has 0 aromatic heterocycles. The van der Waals surface area contributed by atoms with Crippen LogP contribution in [0.2, 0.25) is 5.02 Å². The number of aliphatic imine (C=N–C) groups is 1. The molecular weight excluding hydrogens is 418 g/mol. The molecule has 2 N–H and O–H groups in total. The van der Waals surface area contributed by atoms with E-state index < -0.39 is 0 Å². The average Bonchev–Trinajstić information content (AvgIpc) is 2.72. The van der Waals surface area contributed by atoms with Crippen molar-refractivity contribution in [3.8, 4) is 0 Å². The van der Waals surface area contributed by atoms with Crippen LogP contribution in [0.1, 0.15) is 12.8 Å². The van der Waals surface area contributed by atoms with E-state index in [0.717, 1.165) is 19.6 Å². The summed E-state index contributed by atoms with van der Waals surface area (Å²) in [5, 5.41) is 12.8. The molecule has 1 unspecified atom stereocenters. The number of hydrogen-bond acceptors (Lipinski definition) is 5. The molecule has 2 amide bonds. The fourth-order valence-electron chi connectivity index (χ4n) is 3.75. The summed E-state index contributed by atoms with van der Waals surface area (Å²) in [7, 11) is 1.65. The Balaban J connectivity index is 1.64. The SMILES string of the molecule is CN=C1CN(C(=O)/C=C/CN2CCC2)CC(CCO)N1CC(=O)Nc1ccccc1Cl. The maximum atomic E-state index is 12.7. The van der Waals surface area contributed by atoms with Crippen molar-refractivity contribution in [2.24, 2.45) is 4.99 Å². The maximum Gasteiger partial charge on any atom is 0.246 e. The number of carbonyl (C=O) groups is 2. The summed E-state index contributed by atoms with van der Waals surface area (Å²) in [5.41, 5.74) is 0.545. The monoisotopic (exact) mass is 447 g/mol. The van der Waals surface area contributed by atoms with Crippen LogP contribution in [0, 0.1) is 0 Å². The predicted octanol–water partition coefficient (Wildman–Crippen LogP) is 1.46. The number of benzene rings is 1. The summed E-state index contributed by atoms with van der Waals surface area (Å²) in [6.45, 7) is 3.71. The highest BCUT2D eigenvalue weighted by Gasteiger charge is 2.33. The van der Waals surface area contributed by atoms with Crippen LogP contribution < -0.4 is 5.32 Å². The van der Waals surface area contributed by atoms with Gasteiger partial charge >= 0.3 is 0 Å². The number of halogens is 1. The second kappa shape index (κ2) is 11.3. The number of carbonyl (C=O) groups excluding carboxylic acids is 2. The third kappa shape index (κ3) is 6.29. The first-order valence-electron chi connectivity index (χ1n) is 10.6. The standard InChI is InChI=1S/C22H30ClN5O3/c1-24-20-15-27(22(31)8-4-10-26-11-5-12-26)14-17(9-13-29)28(20)16-21(30)25-19-7-3-2-6-18(19)23/h2-4,6-8,17,29H,5,9-16H2,1H3,(H,25,30)/b8-4+,24-20?. The van der Waals surface area contributed by atoms with Crippen LogP contribution in [0.3, 0.4) is 0 Å². The van der Waals surface area contributed by atoms with Crippen molar-refractivity contribution in [3.63, 3.8) is 0 Å². The minimum absolute atomic E-state index is 0.0445. The molecule has 2 heterocycles. The number of rotatable bonds is 8. The molecule has 2 aliphatic rings. The number of aliphatic hydroxyl groups is 1. The van der Waals surface area contributed by atoms with Gasteiger partial charge in [-0.3, -0.25) is 19.5 Å². The molecule has 0 spiro atoms. The Hall–Kier alpha value is -2.42. The van der Waals surface area contributed by atoms with Gasteiger partial charge in [0.05, 0.1) is 29.8 Å². The molecule has 8 nitrogen and oxygen atoms in total. The fourth-order valence-corrected chi connectivity index (χ4v) is 3.94. The highest BCUT2D eigenvalue weighted by atomic mass is 35.5. The summed E-state index contributed by atoms with van der Waals surface area (Å²) < 4.78 is 0. The molecule has 1 aromatic rings. The lowest BCUT2D eigenvalue weighted by Gasteiger charge is -2.42. The molecule has 0 radical (unpaired) electrons. The van der Waals surface area contributed by atoms with Crippen molar-refractivity contribution >= 4 is 34.9 Å². The molecule has 1 atom stereocenters. The first kappa shape index (κ1) is 23.2. The Kier molecular flexibility index (Phi) is 8.45. The Morgan fingerprint density at radius 1 is 1.32 bits per heavy atom. The summed E-state index contributed by atoms with van der Waals surface area (Å²) in [6.07, 6.45) is 5.16. The third-order valence-electron chi connectivity index (χ3n) is 5.60. The van der Waals surface area contributed by atoms with E-state index in [-0.39, 0.29) is 31.0 Å². The zero-order chi connectivity index (χ0) is 22.2. The van der Waals surface area contributed by atoms with E-state index in [9.17, 15) is 14.7 Å². The molecule has 1 aromatic carbocycles. The number of hydrogen-bond donors (Lipinski definition) is 2. The lowest BCUT2D eigenvalue weighted by atomic mass is 10.1. The van der Waals surface area contributed by atoms with Gasteiger partial charge in [-0.25, -0.2) is 0 Å². The average molecular weight is 448 g/mol. The van der Waals surface area contributed by atoms with Crippen LogP contribution in [0.25, 0.3) is 0 Å². The van der Waals surface area contributed by atoms with E-state index >= 15 is 0 Å². The van der Waals surface area contributed by atoms with Gasteiger partial charge in [0, 0.05) is 32.8 Å². The molecule has 3 rings (SSSR count). The number of nitrogens with zero attached hydrogens (tertiary/aromatic N) is 4. The molecule has 168 valence electrons. The van der Waals surface area contributed by atoms with Crippen LogP contribution in [-0.4, -0.2) is 96.4 Å². The number of amides is 2. The lowest BCUT2D eigenvalue weighted by molar-refractivity contribution is -0.127. The quantitative estimate of drug-likeness (QED) is 0.589. The van der Waals surface area contributed by atoms with Gasteiger partial charge in [0.15, 0.2) is 0 Å². The van der Waals surface area contributed by atoms with Crippen molar-refractivity contribution in [3.05, 3.63) is 41.4 Å². The van der Waals surface area contributed by atoms with Crippen molar-refractivity contribution < 1.29 is 14.7 Å². The number of nitrogens with one attached hydrogen (secondary N) is 1. The molecule has 2 aliphatic heterocycles. The third-order valence-corrected chi connectivity index (χ3v) is 5.93. The topological polar surface area (TPSA) is 88.5 Å². The predicted molar refractivity (Wildman–Crippen MR) is 122 cm³/mol. The van der Waals surface area contributed by atoms with Crippen molar-refractivity contribution in [1.29, 1.82) is 0 Å². The molecule has 0 saturated carbocycles. The number of likely N-dealkylation sites (tertiary alicyclic amines) is 1. The van der Waals surface area contributed by atoms with E-state index in [2.05, 4.69) is 15.2 Å². The summed E-state index contributed by atoms with van der Waals surface area (Å²) in [4.78, 5) is 35.6. The molecule has 2 fully saturated rings. The normalized spacial score (nSPS) is 20.9. The van der Waals surface area contributed by atoms with Gasteiger partial charge in [-0.1, -0.05) is 29.8 Å². The van der Waals surface area contributed by atoms with Crippen molar-refractivity contribution in [2.75, 3.05) is 58.2 Å². The molecular formula is C22H30ClN5O3.